The Morgan fingerprint density at radius 2 is 1.75 bits per heavy atom. The molecule has 174 valence electrons. The quantitative estimate of drug-likeness (QED) is 0.381. The number of nitrogens with zero attached hydrogens (tertiary/aromatic N) is 3. The third kappa shape index (κ3) is 5.45. The standard InChI is InChI=1S/C19H19F6N5O2/c1-4-27-16(26)32-17(2,3)18(21,22)12-7-11(5-6-13(12)20)30-15(31)14-28-8-10(9-29-14)19(23,24)25/h5-9H,4H2,1-3H3,(H2,26,27)(H,30,31). The molecule has 0 spiro atoms. The van der Waals surface area contributed by atoms with Crippen LogP contribution in [0.15, 0.2) is 35.6 Å². The normalized spacial score (nSPS) is 13.1. The summed E-state index contributed by atoms with van der Waals surface area (Å²) in [5, 5.41) is 2.13. The van der Waals surface area contributed by atoms with Crippen molar-refractivity contribution >= 4 is 17.6 Å². The van der Waals surface area contributed by atoms with Crippen LogP contribution in [0.2, 0.25) is 0 Å². The number of hydrogen-bond acceptors (Lipinski definition) is 5. The molecular weight excluding hydrogens is 444 g/mol. The van der Waals surface area contributed by atoms with E-state index >= 15 is 8.78 Å². The highest BCUT2D eigenvalue weighted by atomic mass is 19.4. The lowest BCUT2D eigenvalue weighted by molar-refractivity contribution is -0.162. The van der Waals surface area contributed by atoms with E-state index in [1.807, 2.05) is 0 Å². The Kier molecular flexibility index (Phi) is 7.00. The van der Waals surface area contributed by atoms with E-state index in [2.05, 4.69) is 20.3 Å². The molecule has 0 bridgehead atoms. The summed E-state index contributed by atoms with van der Waals surface area (Å²) in [6.07, 6.45) is -3.91. The molecule has 1 amide bonds. The van der Waals surface area contributed by atoms with Gasteiger partial charge in [0.05, 0.1) is 11.1 Å². The summed E-state index contributed by atoms with van der Waals surface area (Å²) < 4.78 is 87.1. The number of benzene rings is 1. The van der Waals surface area contributed by atoms with Gasteiger partial charge in [0, 0.05) is 24.6 Å². The van der Waals surface area contributed by atoms with Crippen molar-refractivity contribution in [3.63, 3.8) is 0 Å². The molecule has 0 saturated carbocycles. The van der Waals surface area contributed by atoms with Crippen LogP contribution in [-0.2, 0) is 16.8 Å². The summed E-state index contributed by atoms with van der Waals surface area (Å²) in [6, 6.07) is 1.82. The molecule has 1 heterocycles. The third-order valence-corrected chi connectivity index (χ3v) is 4.17. The van der Waals surface area contributed by atoms with E-state index in [-0.39, 0.29) is 12.2 Å². The fourth-order valence-electron chi connectivity index (χ4n) is 2.46. The van der Waals surface area contributed by atoms with Crippen molar-refractivity contribution in [2.24, 2.45) is 10.7 Å². The molecule has 13 heteroatoms. The predicted molar refractivity (Wildman–Crippen MR) is 103 cm³/mol. The van der Waals surface area contributed by atoms with Crippen molar-refractivity contribution in [2.75, 3.05) is 11.9 Å². The molecule has 2 rings (SSSR count). The first-order valence-electron chi connectivity index (χ1n) is 9.06. The molecule has 0 atom stereocenters. The number of halogens is 6. The number of hydrogen-bond donors (Lipinski definition) is 2. The zero-order valence-electron chi connectivity index (χ0n) is 17.1. The van der Waals surface area contributed by atoms with Gasteiger partial charge >= 0.3 is 12.1 Å². The minimum atomic E-state index is -4.70. The molecule has 7 nitrogen and oxygen atoms in total. The molecular formula is C19H19F6N5O2. The molecule has 3 N–H and O–H groups in total. The average Bonchev–Trinajstić information content (AvgIpc) is 2.68. The van der Waals surface area contributed by atoms with Gasteiger partial charge in [-0.25, -0.2) is 19.4 Å². The van der Waals surface area contributed by atoms with Crippen LogP contribution in [0.25, 0.3) is 0 Å². The molecule has 2 aromatic rings. The summed E-state index contributed by atoms with van der Waals surface area (Å²) in [5.74, 6) is -6.96. The van der Waals surface area contributed by atoms with Crippen molar-refractivity contribution in [3.05, 3.63) is 53.4 Å². The first kappa shape index (κ1) is 24.9. The van der Waals surface area contributed by atoms with Gasteiger partial charge < -0.3 is 15.8 Å². The Labute approximate surface area is 178 Å². The maximum Gasteiger partial charge on any atom is 0.419 e. The summed E-state index contributed by atoms with van der Waals surface area (Å²) in [7, 11) is 0. The van der Waals surface area contributed by atoms with Crippen LogP contribution in [0.5, 0.6) is 0 Å². The van der Waals surface area contributed by atoms with Crippen LogP contribution in [0, 0.1) is 5.82 Å². The number of aliphatic imine (C=N–C) groups is 1. The lowest BCUT2D eigenvalue weighted by Crippen LogP contribution is -2.46. The number of nitrogens with one attached hydrogen (secondary N) is 1. The molecule has 0 fully saturated rings. The van der Waals surface area contributed by atoms with Gasteiger partial charge in [-0.3, -0.25) is 4.79 Å². The summed E-state index contributed by atoms with van der Waals surface area (Å²) >= 11 is 0. The highest BCUT2D eigenvalue weighted by Crippen LogP contribution is 2.43. The van der Waals surface area contributed by atoms with E-state index < -0.39 is 52.4 Å². The Morgan fingerprint density at radius 3 is 2.28 bits per heavy atom. The van der Waals surface area contributed by atoms with Gasteiger partial charge in [-0.05, 0) is 39.0 Å². The fourth-order valence-corrected chi connectivity index (χ4v) is 2.46. The van der Waals surface area contributed by atoms with Crippen molar-refractivity contribution in [3.8, 4) is 0 Å². The number of alkyl halides is 5. The van der Waals surface area contributed by atoms with Crippen LogP contribution in [0.3, 0.4) is 0 Å². The third-order valence-electron chi connectivity index (χ3n) is 4.17. The molecule has 0 aliphatic carbocycles. The van der Waals surface area contributed by atoms with Crippen molar-refractivity contribution in [1.29, 1.82) is 0 Å². The van der Waals surface area contributed by atoms with Gasteiger partial charge in [-0.15, -0.1) is 0 Å². The van der Waals surface area contributed by atoms with Gasteiger partial charge in [0.1, 0.15) is 5.82 Å². The highest BCUT2D eigenvalue weighted by molar-refractivity contribution is 6.01. The topological polar surface area (TPSA) is 102 Å². The number of carbonyl (C=O) groups excluding carboxylic acids is 1. The van der Waals surface area contributed by atoms with Crippen molar-refractivity contribution < 1.29 is 35.9 Å². The maximum atomic E-state index is 15.1. The Bertz CT molecular complexity index is 1010. The Morgan fingerprint density at radius 1 is 1.16 bits per heavy atom. The number of carbonyl (C=O) groups is 1. The maximum absolute atomic E-state index is 15.1. The minimum Gasteiger partial charge on any atom is -0.453 e. The monoisotopic (exact) mass is 463 g/mol. The van der Waals surface area contributed by atoms with E-state index in [0.717, 1.165) is 19.9 Å². The first-order chi connectivity index (χ1) is 14.7. The molecule has 0 aliphatic heterocycles. The number of ether oxygens (including phenoxy) is 1. The lowest BCUT2D eigenvalue weighted by atomic mass is 9.92. The zero-order valence-corrected chi connectivity index (χ0v) is 17.1. The number of rotatable bonds is 6. The molecule has 0 aliphatic rings. The number of amides is 1. The second-order valence-corrected chi connectivity index (χ2v) is 6.94. The molecule has 1 aromatic carbocycles. The number of amidine groups is 1. The number of nitrogens with two attached hydrogens (primary N) is 1. The molecule has 32 heavy (non-hydrogen) atoms. The smallest absolute Gasteiger partial charge is 0.419 e. The summed E-state index contributed by atoms with van der Waals surface area (Å²) in [4.78, 5) is 22.4. The minimum absolute atomic E-state index is 0.176. The van der Waals surface area contributed by atoms with Crippen LogP contribution in [0.1, 0.15) is 42.5 Å². The predicted octanol–water partition coefficient (Wildman–Crippen LogP) is 4.11. The molecule has 1 aromatic heterocycles. The lowest BCUT2D eigenvalue weighted by Gasteiger charge is -2.34. The SMILES string of the molecule is CCN=C(N)OC(C)(C)C(F)(F)c1cc(NC(=O)c2ncc(C(F)(F)F)cn2)ccc1F. The number of aromatic nitrogens is 2. The van der Waals surface area contributed by atoms with E-state index in [4.69, 9.17) is 10.5 Å². The largest absolute Gasteiger partial charge is 0.453 e. The molecule has 0 radical (unpaired) electrons. The molecule has 0 saturated heterocycles. The second-order valence-electron chi connectivity index (χ2n) is 6.94. The van der Waals surface area contributed by atoms with E-state index in [9.17, 15) is 22.4 Å². The Hall–Kier alpha value is -3.38. The van der Waals surface area contributed by atoms with Crippen molar-refractivity contribution in [2.45, 2.75) is 38.5 Å². The fraction of sp³-hybridized carbons (Fsp3) is 0.368. The first-order valence-corrected chi connectivity index (χ1v) is 9.06. The van der Waals surface area contributed by atoms with E-state index in [1.54, 1.807) is 6.92 Å². The van der Waals surface area contributed by atoms with Crippen LogP contribution < -0.4 is 11.1 Å². The van der Waals surface area contributed by atoms with Gasteiger partial charge in [0.15, 0.2) is 5.60 Å². The number of anilines is 1. The summed E-state index contributed by atoms with van der Waals surface area (Å²) in [5.41, 5.74) is 0.551. The highest BCUT2D eigenvalue weighted by Gasteiger charge is 2.52. The average molecular weight is 463 g/mol. The van der Waals surface area contributed by atoms with Crippen LogP contribution >= 0.6 is 0 Å². The van der Waals surface area contributed by atoms with E-state index in [1.165, 1.54) is 0 Å². The van der Waals surface area contributed by atoms with Crippen molar-refractivity contribution in [1.82, 2.24) is 9.97 Å². The zero-order chi connectivity index (χ0) is 24.3. The van der Waals surface area contributed by atoms with E-state index in [0.29, 0.717) is 24.5 Å². The summed E-state index contributed by atoms with van der Waals surface area (Å²) in [6.45, 7) is 3.74. The van der Waals surface area contributed by atoms with Gasteiger partial charge in [-0.2, -0.15) is 22.0 Å². The van der Waals surface area contributed by atoms with Crippen LogP contribution in [-0.4, -0.2) is 34.0 Å². The second kappa shape index (κ2) is 9.01. The van der Waals surface area contributed by atoms with Crippen LogP contribution in [0.4, 0.5) is 32.0 Å². The van der Waals surface area contributed by atoms with Gasteiger partial charge in [0.2, 0.25) is 5.82 Å². The van der Waals surface area contributed by atoms with Gasteiger partial charge in [0.25, 0.3) is 11.9 Å². The Balaban J connectivity index is 2.30. The van der Waals surface area contributed by atoms with Gasteiger partial charge in [-0.1, -0.05) is 0 Å². The molecule has 0 unspecified atom stereocenters.